The van der Waals surface area contributed by atoms with Gasteiger partial charge in [0.2, 0.25) is 0 Å². The molecule has 0 atom stereocenters. The van der Waals surface area contributed by atoms with E-state index in [0.717, 1.165) is 5.56 Å². The molecule has 0 unspecified atom stereocenters. The Hall–Kier alpha value is -3.47. The van der Waals surface area contributed by atoms with E-state index >= 15 is 0 Å². The van der Waals surface area contributed by atoms with Crippen LogP contribution in [0, 0.1) is 0 Å². The lowest BCUT2D eigenvalue weighted by Gasteiger charge is -2.19. The van der Waals surface area contributed by atoms with Gasteiger partial charge in [0.1, 0.15) is 0 Å². The molecule has 0 bridgehead atoms. The van der Waals surface area contributed by atoms with Gasteiger partial charge in [0, 0.05) is 30.2 Å². The number of rotatable bonds is 5. The average molecular weight is 387 g/mol. The fourth-order valence-corrected chi connectivity index (χ4v) is 2.87. The summed E-state index contributed by atoms with van der Waals surface area (Å²) in [7, 11) is 0. The van der Waals surface area contributed by atoms with Crippen molar-refractivity contribution in [2.75, 3.05) is 5.32 Å². The standard InChI is InChI=1S/C24H25N3O2/c1-24(2,3)20-11-9-18(10-12-20)22(28)26-15-17-6-4-8-21(14-17)27-23(29)19-7-5-13-25-16-19/h4-14,16H,15H2,1-3H3,(H,26,28)(H,27,29). The smallest absolute Gasteiger partial charge is 0.257 e. The van der Waals surface area contributed by atoms with Gasteiger partial charge in [-0.2, -0.15) is 0 Å². The van der Waals surface area contributed by atoms with E-state index in [9.17, 15) is 9.59 Å². The van der Waals surface area contributed by atoms with E-state index in [0.29, 0.717) is 23.4 Å². The van der Waals surface area contributed by atoms with Crippen molar-refractivity contribution in [3.05, 3.63) is 95.3 Å². The molecule has 1 heterocycles. The van der Waals surface area contributed by atoms with Gasteiger partial charge in [0.05, 0.1) is 5.56 Å². The summed E-state index contributed by atoms with van der Waals surface area (Å²) in [6.45, 7) is 6.79. The molecule has 0 saturated carbocycles. The van der Waals surface area contributed by atoms with Crippen LogP contribution in [0.5, 0.6) is 0 Å². The van der Waals surface area contributed by atoms with Gasteiger partial charge in [-0.1, -0.05) is 45.0 Å². The number of nitrogens with one attached hydrogen (secondary N) is 2. The molecule has 2 N–H and O–H groups in total. The first kappa shape index (κ1) is 20.3. The van der Waals surface area contributed by atoms with Gasteiger partial charge in [-0.3, -0.25) is 14.6 Å². The number of carbonyl (C=O) groups is 2. The monoisotopic (exact) mass is 387 g/mol. The Bertz CT molecular complexity index is 991. The Morgan fingerprint density at radius 3 is 2.31 bits per heavy atom. The summed E-state index contributed by atoms with van der Waals surface area (Å²) in [6, 6.07) is 18.5. The molecule has 1 aromatic heterocycles. The highest BCUT2D eigenvalue weighted by atomic mass is 16.2. The topological polar surface area (TPSA) is 71.1 Å². The van der Waals surface area contributed by atoms with Crippen molar-refractivity contribution in [3.63, 3.8) is 0 Å². The Morgan fingerprint density at radius 2 is 1.66 bits per heavy atom. The maximum Gasteiger partial charge on any atom is 0.257 e. The molecule has 5 nitrogen and oxygen atoms in total. The summed E-state index contributed by atoms with van der Waals surface area (Å²) in [6.07, 6.45) is 3.14. The first-order valence-corrected chi connectivity index (χ1v) is 9.52. The quantitative estimate of drug-likeness (QED) is 0.674. The second kappa shape index (κ2) is 8.69. The van der Waals surface area contributed by atoms with Crippen LogP contribution in [0.3, 0.4) is 0 Å². The number of hydrogen-bond acceptors (Lipinski definition) is 3. The highest BCUT2D eigenvalue weighted by Crippen LogP contribution is 2.22. The number of benzene rings is 2. The predicted molar refractivity (Wildman–Crippen MR) is 115 cm³/mol. The van der Waals surface area contributed by atoms with Crippen LogP contribution >= 0.6 is 0 Å². The van der Waals surface area contributed by atoms with Crippen molar-refractivity contribution in [1.29, 1.82) is 0 Å². The number of hydrogen-bond donors (Lipinski definition) is 2. The highest BCUT2D eigenvalue weighted by Gasteiger charge is 2.14. The zero-order chi connectivity index (χ0) is 20.9. The molecule has 148 valence electrons. The lowest BCUT2D eigenvalue weighted by atomic mass is 9.87. The number of anilines is 1. The third-order valence-corrected chi connectivity index (χ3v) is 4.57. The van der Waals surface area contributed by atoms with Crippen LogP contribution in [0.4, 0.5) is 5.69 Å². The molecule has 3 rings (SSSR count). The van der Waals surface area contributed by atoms with E-state index in [1.54, 1.807) is 18.3 Å². The minimum absolute atomic E-state index is 0.0513. The van der Waals surface area contributed by atoms with E-state index in [4.69, 9.17) is 0 Å². The number of pyridine rings is 1. The van der Waals surface area contributed by atoms with Crippen LogP contribution in [-0.4, -0.2) is 16.8 Å². The zero-order valence-corrected chi connectivity index (χ0v) is 16.9. The third kappa shape index (κ3) is 5.51. The SMILES string of the molecule is CC(C)(C)c1ccc(C(=O)NCc2cccc(NC(=O)c3cccnc3)c2)cc1. The molecule has 3 aromatic rings. The Morgan fingerprint density at radius 1 is 0.897 bits per heavy atom. The number of amides is 2. The van der Waals surface area contributed by atoms with Crippen LogP contribution in [0.1, 0.15) is 52.6 Å². The summed E-state index contributed by atoms with van der Waals surface area (Å²) in [5.74, 6) is -0.353. The average Bonchev–Trinajstić information content (AvgIpc) is 2.72. The van der Waals surface area contributed by atoms with Crippen molar-refractivity contribution >= 4 is 17.5 Å². The van der Waals surface area contributed by atoms with Gasteiger partial charge in [0.15, 0.2) is 0 Å². The molecule has 0 saturated heterocycles. The van der Waals surface area contributed by atoms with Crippen LogP contribution in [-0.2, 0) is 12.0 Å². The first-order chi connectivity index (χ1) is 13.8. The molecule has 2 amide bonds. The second-order valence-electron chi connectivity index (χ2n) is 7.91. The number of nitrogens with zero attached hydrogens (tertiary/aromatic N) is 1. The van der Waals surface area contributed by atoms with Crippen molar-refractivity contribution in [2.45, 2.75) is 32.7 Å². The molecule has 0 aliphatic carbocycles. The van der Waals surface area contributed by atoms with Crippen LogP contribution < -0.4 is 10.6 Å². The molecule has 0 radical (unpaired) electrons. The van der Waals surface area contributed by atoms with Gasteiger partial charge in [-0.25, -0.2) is 0 Å². The molecular formula is C24H25N3O2. The van der Waals surface area contributed by atoms with Crippen molar-refractivity contribution in [1.82, 2.24) is 10.3 Å². The summed E-state index contributed by atoms with van der Waals surface area (Å²) in [5, 5.41) is 5.77. The van der Waals surface area contributed by atoms with E-state index < -0.39 is 0 Å². The maximum absolute atomic E-state index is 12.4. The predicted octanol–water partition coefficient (Wildman–Crippen LogP) is 4.56. The molecule has 0 fully saturated rings. The summed E-state index contributed by atoms with van der Waals surface area (Å²) < 4.78 is 0. The normalized spacial score (nSPS) is 11.0. The van der Waals surface area contributed by atoms with Gasteiger partial charge < -0.3 is 10.6 Å². The van der Waals surface area contributed by atoms with Crippen LogP contribution in [0.15, 0.2) is 73.1 Å². The molecule has 2 aromatic carbocycles. The van der Waals surface area contributed by atoms with Gasteiger partial charge >= 0.3 is 0 Å². The fraction of sp³-hybridized carbons (Fsp3) is 0.208. The van der Waals surface area contributed by atoms with E-state index in [-0.39, 0.29) is 17.2 Å². The van der Waals surface area contributed by atoms with E-state index in [2.05, 4.69) is 36.4 Å². The minimum Gasteiger partial charge on any atom is -0.348 e. The summed E-state index contributed by atoms with van der Waals surface area (Å²) in [5.41, 5.74) is 3.92. The summed E-state index contributed by atoms with van der Waals surface area (Å²) >= 11 is 0. The van der Waals surface area contributed by atoms with Gasteiger partial charge in [0.25, 0.3) is 11.8 Å². The van der Waals surface area contributed by atoms with Crippen LogP contribution in [0.2, 0.25) is 0 Å². The Balaban J connectivity index is 1.60. The van der Waals surface area contributed by atoms with Crippen molar-refractivity contribution < 1.29 is 9.59 Å². The largest absolute Gasteiger partial charge is 0.348 e. The summed E-state index contributed by atoms with van der Waals surface area (Å²) in [4.78, 5) is 28.6. The molecule has 5 heteroatoms. The second-order valence-corrected chi connectivity index (χ2v) is 7.91. The Labute approximate surface area is 171 Å². The molecular weight excluding hydrogens is 362 g/mol. The van der Waals surface area contributed by atoms with Crippen molar-refractivity contribution in [2.24, 2.45) is 0 Å². The first-order valence-electron chi connectivity index (χ1n) is 9.52. The lowest BCUT2D eigenvalue weighted by Crippen LogP contribution is -2.23. The maximum atomic E-state index is 12.4. The Kier molecular flexibility index (Phi) is 6.07. The van der Waals surface area contributed by atoms with Crippen LogP contribution in [0.25, 0.3) is 0 Å². The minimum atomic E-state index is -0.224. The van der Waals surface area contributed by atoms with Crippen molar-refractivity contribution in [3.8, 4) is 0 Å². The molecule has 0 aliphatic heterocycles. The highest BCUT2D eigenvalue weighted by molar-refractivity contribution is 6.04. The number of carbonyl (C=O) groups excluding carboxylic acids is 2. The number of aromatic nitrogens is 1. The zero-order valence-electron chi connectivity index (χ0n) is 16.9. The van der Waals surface area contributed by atoms with Gasteiger partial charge in [-0.15, -0.1) is 0 Å². The molecule has 29 heavy (non-hydrogen) atoms. The fourth-order valence-electron chi connectivity index (χ4n) is 2.87. The third-order valence-electron chi connectivity index (χ3n) is 4.57. The van der Waals surface area contributed by atoms with E-state index in [1.807, 2.05) is 48.5 Å². The van der Waals surface area contributed by atoms with E-state index in [1.165, 1.54) is 11.8 Å². The lowest BCUT2D eigenvalue weighted by molar-refractivity contribution is 0.0950. The molecule has 0 spiro atoms. The molecule has 0 aliphatic rings. The van der Waals surface area contributed by atoms with Gasteiger partial charge in [-0.05, 0) is 52.9 Å².